The van der Waals surface area contributed by atoms with Gasteiger partial charge in [0.1, 0.15) is 11.6 Å². The number of ether oxygens (including phenoxy) is 1. The van der Waals surface area contributed by atoms with Crippen molar-refractivity contribution >= 4 is 28.5 Å². The number of carboxylic acids is 1. The van der Waals surface area contributed by atoms with Crippen LogP contribution in [0.1, 0.15) is 68.6 Å². The Kier molecular flexibility index (Phi) is 5.78. The molecule has 1 atom stereocenters. The van der Waals surface area contributed by atoms with Crippen molar-refractivity contribution in [2.24, 2.45) is 5.92 Å². The number of hydrogen-bond donors (Lipinski definition) is 2. The Bertz CT molecular complexity index is 1110. The van der Waals surface area contributed by atoms with E-state index < -0.39 is 5.97 Å². The highest BCUT2D eigenvalue weighted by Crippen LogP contribution is 2.36. The van der Waals surface area contributed by atoms with Gasteiger partial charge in [0.25, 0.3) is 0 Å². The molecule has 0 amide bonds. The van der Waals surface area contributed by atoms with Crippen LogP contribution < -0.4 is 5.32 Å². The van der Waals surface area contributed by atoms with Crippen LogP contribution >= 0.6 is 0 Å². The Hall–Kier alpha value is -3.00. The molecule has 8 heteroatoms. The van der Waals surface area contributed by atoms with Crippen LogP contribution in [0.25, 0.3) is 10.9 Å². The Balaban J connectivity index is 1.43. The second kappa shape index (κ2) is 8.86. The highest BCUT2D eigenvalue weighted by Gasteiger charge is 2.29. The van der Waals surface area contributed by atoms with E-state index in [2.05, 4.69) is 5.32 Å². The molecule has 3 heterocycles. The molecule has 1 saturated carbocycles. The standard InChI is InChI=1S/C24H29N5O3/c1-15-14-20(28-29(15)21-8-4-5-13-32-21)26-23-18-6-2-3-7-19(18)25-22(27-23)16-9-11-17(12-10-16)24(30)31/h2-3,6-7,14,16-17,21H,4-5,8-13H2,1H3,(H,30,31)(H,25,26,27,28). The largest absolute Gasteiger partial charge is 0.481 e. The highest BCUT2D eigenvalue weighted by atomic mass is 16.5. The van der Waals surface area contributed by atoms with Crippen molar-refractivity contribution < 1.29 is 14.6 Å². The predicted molar refractivity (Wildman–Crippen MR) is 121 cm³/mol. The average Bonchev–Trinajstić information content (AvgIpc) is 3.19. The first-order chi connectivity index (χ1) is 15.6. The third-order valence-electron chi connectivity index (χ3n) is 6.66. The van der Waals surface area contributed by atoms with Gasteiger partial charge in [-0.1, -0.05) is 12.1 Å². The van der Waals surface area contributed by atoms with Crippen LogP contribution in [0.15, 0.2) is 30.3 Å². The van der Waals surface area contributed by atoms with Gasteiger partial charge in [0.15, 0.2) is 12.0 Å². The molecule has 32 heavy (non-hydrogen) atoms. The number of carboxylic acid groups (broad SMARTS) is 1. The Morgan fingerprint density at radius 3 is 2.69 bits per heavy atom. The van der Waals surface area contributed by atoms with Crippen LogP contribution in [-0.4, -0.2) is 37.4 Å². The van der Waals surface area contributed by atoms with Crippen molar-refractivity contribution in [2.75, 3.05) is 11.9 Å². The van der Waals surface area contributed by atoms with E-state index >= 15 is 0 Å². The van der Waals surface area contributed by atoms with E-state index in [1.54, 1.807) is 0 Å². The lowest BCUT2D eigenvalue weighted by Gasteiger charge is -2.25. The number of rotatable bonds is 5. The summed E-state index contributed by atoms with van der Waals surface area (Å²) >= 11 is 0. The van der Waals surface area contributed by atoms with E-state index in [9.17, 15) is 9.90 Å². The summed E-state index contributed by atoms with van der Waals surface area (Å²) in [6, 6.07) is 9.98. The molecular formula is C24H29N5O3. The molecule has 2 aromatic heterocycles. The van der Waals surface area contributed by atoms with Crippen LogP contribution in [0, 0.1) is 12.8 Å². The van der Waals surface area contributed by atoms with Crippen LogP contribution in [0.3, 0.4) is 0 Å². The van der Waals surface area contributed by atoms with Gasteiger partial charge in [-0.15, -0.1) is 0 Å². The lowest BCUT2D eigenvalue weighted by atomic mass is 9.81. The van der Waals surface area contributed by atoms with E-state index in [0.29, 0.717) is 12.8 Å². The summed E-state index contributed by atoms with van der Waals surface area (Å²) in [6.45, 7) is 2.82. The SMILES string of the molecule is Cc1cc(Nc2nc(C3CCC(C(=O)O)CC3)nc3ccccc23)nn1C1CCCCO1. The van der Waals surface area contributed by atoms with Gasteiger partial charge >= 0.3 is 5.97 Å². The maximum atomic E-state index is 11.3. The van der Waals surface area contributed by atoms with Crippen molar-refractivity contribution in [1.82, 2.24) is 19.7 Å². The quantitative estimate of drug-likeness (QED) is 0.585. The number of carbonyl (C=O) groups is 1. The summed E-state index contributed by atoms with van der Waals surface area (Å²) in [4.78, 5) is 21.0. The summed E-state index contributed by atoms with van der Waals surface area (Å²) < 4.78 is 7.87. The first-order valence-corrected chi connectivity index (χ1v) is 11.5. The Morgan fingerprint density at radius 1 is 1.12 bits per heavy atom. The molecule has 1 aliphatic heterocycles. The van der Waals surface area contributed by atoms with Crippen molar-refractivity contribution in [3.8, 4) is 0 Å². The molecule has 1 aliphatic carbocycles. The van der Waals surface area contributed by atoms with Gasteiger partial charge in [-0.05, 0) is 64.0 Å². The number of anilines is 2. The van der Waals surface area contributed by atoms with Gasteiger partial charge in [-0.2, -0.15) is 5.10 Å². The Morgan fingerprint density at radius 2 is 1.94 bits per heavy atom. The normalized spacial score (nSPS) is 23.8. The lowest BCUT2D eigenvalue weighted by molar-refractivity contribution is -0.142. The van der Waals surface area contributed by atoms with E-state index in [1.807, 2.05) is 41.9 Å². The number of para-hydroxylation sites is 1. The molecule has 1 saturated heterocycles. The number of hydrogen-bond acceptors (Lipinski definition) is 6. The molecule has 8 nitrogen and oxygen atoms in total. The minimum atomic E-state index is -0.696. The first-order valence-electron chi connectivity index (χ1n) is 11.5. The number of fused-ring (bicyclic) bond motifs is 1. The Labute approximate surface area is 187 Å². The van der Waals surface area contributed by atoms with E-state index in [-0.39, 0.29) is 18.1 Å². The minimum Gasteiger partial charge on any atom is -0.481 e. The molecule has 168 valence electrons. The van der Waals surface area contributed by atoms with Crippen LogP contribution in [0.4, 0.5) is 11.6 Å². The molecule has 5 rings (SSSR count). The van der Waals surface area contributed by atoms with Gasteiger partial charge in [0.2, 0.25) is 0 Å². The lowest BCUT2D eigenvalue weighted by Crippen LogP contribution is -2.21. The van der Waals surface area contributed by atoms with E-state index in [4.69, 9.17) is 19.8 Å². The third-order valence-corrected chi connectivity index (χ3v) is 6.66. The highest BCUT2D eigenvalue weighted by molar-refractivity contribution is 5.90. The van der Waals surface area contributed by atoms with Crippen molar-refractivity contribution in [2.45, 2.75) is 64.0 Å². The summed E-state index contributed by atoms with van der Waals surface area (Å²) in [6.07, 6.45) is 6.14. The fourth-order valence-electron chi connectivity index (χ4n) is 4.85. The van der Waals surface area contributed by atoms with Crippen molar-refractivity contribution in [3.63, 3.8) is 0 Å². The molecule has 1 unspecified atom stereocenters. The van der Waals surface area contributed by atoms with Gasteiger partial charge in [0, 0.05) is 29.7 Å². The van der Waals surface area contributed by atoms with Crippen LogP contribution in [-0.2, 0) is 9.53 Å². The summed E-state index contributed by atoms with van der Waals surface area (Å²) in [5.74, 6) is 1.48. The smallest absolute Gasteiger partial charge is 0.306 e. The third kappa shape index (κ3) is 4.19. The molecule has 0 spiro atoms. The van der Waals surface area contributed by atoms with Gasteiger partial charge < -0.3 is 15.2 Å². The molecule has 2 N–H and O–H groups in total. The van der Waals surface area contributed by atoms with Crippen LogP contribution in [0.5, 0.6) is 0 Å². The molecular weight excluding hydrogens is 406 g/mol. The van der Waals surface area contributed by atoms with Gasteiger partial charge in [-0.25, -0.2) is 14.6 Å². The first kappa shape index (κ1) is 20.9. The number of aromatic nitrogens is 4. The maximum Gasteiger partial charge on any atom is 0.306 e. The molecule has 0 radical (unpaired) electrons. The van der Waals surface area contributed by atoms with Crippen LogP contribution in [0.2, 0.25) is 0 Å². The topological polar surface area (TPSA) is 102 Å². The summed E-state index contributed by atoms with van der Waals surface area (Å²) in [5.41, 5.74) is 1.93. The van der Waals surface area contributed by atoms with Crippen molar-refractivity contribution in [3.05, 3.63) is 41.9 Å². The second-order valence-corrected chi connectivity index (χ2v) is 8.90. The monoisotopic (exact) mass is 435 g/mol. The maximum absolute atomic E-state index is 11.3. The number of benzene rings is 1. The number of aryl methyl sites for hydroxylation is 1. The van der Waals surface area contributed by atoms with E-state index in [0.717, 1.165) is 72.8 Å². The minimum absolute atomic E-state index is 0.0126. The number of nitrogens with one attached hydrogen (secondary N) is 1. The van der Waals surface area contributed by atoms with Gasteiger partial charge in [-0.3, -0.25) is 4.79 Å². The molecule has 2 fully saturated rings. The summed E-state index contributed by atoms with van der Waals surface area (Å²) in [5, 5.41) is 18.4. The number of nitrogens with zero attached hydrogens (tertiary/aromatic N) is 4. The fourth-order valence-corrected chi connectivity index (χ4v) is 4.85. The van der Waals surface area contributed by atoms with Gasteiger partial charge in [0.05, 0.1) is 11.4 Å². The summed E-state index contributed by atoms with van der Waals surface area (Å²) in [7, 11) is 0. The zero-order valence-corrected chi connectivity index (χ0v) is 18.3. The molecule has 3 aromatic rings. The molecule has 0 bridgehead atoms. The van der Waals surface area contributed by atoms with Crippen molar-refractivity contribution in [1.29, 1.82) is 0 Å². The average molecular weight is 436 g/mol. The second-order valence-electron chi connectivity index (χ2n) is 8.90. The van der Waals surface area contributed by atoms with E-state index in [1.165, 1.54) is 0 Å². The number of aliphatic carboxylic acids is 1. The predicted octanol–water partition coefficient (Wildman–Crippen LogP) is 4.94. The fraction of sp³-hybridized carbons (Fsp3) is 0.500. The zero-order valence-electron chi connectivity index (χ0n) is 18.3. The molecule has 2 aliphatic rings. The zero-order chi connectivity index (χ0) is 22.1. The molecule has 1 aromatic carbocycles.